The first kappa shape index (κ1) is 7.14. The average molecular weight is 170 g/mol. The molecule has 1 heteroatoms. The molecule has 70 valence electrons. The molecule has 1 aliphatic carbocycles. The molecule has 1 N–H and O–H groups in total. The lowest BCUT2D eigenvalue weighted by atomic mass is 9.86. The van der Waals surface area contributed by atoms with Crippen molar-refractivity contribution in [1.29, 1.82) is 0 Å². The molecule has 0 spiro atoms. The van der Waals surface area contributed by atoms with E-state index in [1.165, 1.54) is 32.1 Å². The summed E-state index contributed by atoms with van der Waals surface area (Å²) in [7, 11) is 0. The Balaban J connectivity index is 2.37. The molecule has 0 bridgehead atoms. The molecule has 1 fully saturated rings. The summed E-state index contributed by atoms with van der Waals surface area (Å²) in [5.41, 5.74) is 0.447. The lowest BCUT2D eigenvalue weighted by molar-refractivity contribution is 0.327. The highest BCUT2D eigenvalue weighted by Gasteiger charge is 2.11. The Hall–Kier alpha value is -0.300. The predicted octanol–water partition coefficient (Wildman–Crippen LogP) is 2.90. The maximum Gasteiger partial charge on any atom is 0.0639 e. The monoisotopic (exact) mass is 170 g/mol. The number of rotatable bonds is 3. The van der Waals surface area contributed by atoms with Crippen molar-refractivity contribution in [3.8, 4) is 0 Å². The van der Waals surface area contributed by atoms with Crippen molar-refractivity contribution in [1.82, 2.24) is 0 Å². The zero-order valence-electron chi connectivity index (χ0n) is 9.84. The highest BCUT2D eigenvalue weighted by atomic mass is 16.3. The van der Waals surface area contributed by atoms with Gasteiger partial charge in [-0.3, -0.25) is 0 Å². The Morgan fingerprint density at radius 3 is 2.75 bits per heavy atom. The third kappa shape index (κ3) is 3.40. The van der Waals surface area contributed by atoms with Gasteiger partial charge in [0.05, 0.1) is 9.30 Å². The molecule has 1 saturated carbocycles. The molecule has 0 aromatic carbocycles. The minimum Gasteiger partial charge on any atom is -0.392 e. The van der Waals surface area contributed by atoms with Crippen molar-refractivity contribution >= 4 is 0 Å². The molecule has 0 unspecified atom stereocenters. The smallest absolute Gasteiger partial charge is 0.0639 e. The van der Waals surface area contributed by atoms with Gasteiger partial charge >= 0.3 is 0 Å². The molecule has 0 saturated heterocycles. The third-order valence-electron chi connectivity index (χ3n) is 2.66. The largest absolute Gasteiger partial charge is 0.392 e. The Labute approximate surface area is 78.3 Å². The van der Waals surface area contributed by atoms with Gasteiger partial charge in [-0.15, -0.1) is 0 Å². The molecule has 0 aliphatic heterocycles. The van der Waals surface area contributed by atoms with Crippen LogP contribution in [0.5, 0.6) is 0 Å². The van der Waals surface area contributed by atoms with Crippen LogP contribution in [0.3, 0.4) is 0 Å². The van der Waals surface area contributed by atoms with E-state index in [2.05, 4.69) is 0 Å². The first-order chi connectivity index (χ1) is 6.50. The number of allylic oxidation sites excluding steroid dienone is 1. The van der Waals surface area contributed by atoms with Crippen molar-refractivity contribution in [2.45, 2.75) is 45.4 Å². The molecule has 0 radical (unpaired) electrons. The van der Waals surface area contributed by atoms with Crippen LogP contribution in [-0.4, -0.2) is 11.7 Å². The standard InChI is InChI=1S/C11H20O/c1-10(9-12)7-8-11-5-3-2-4-6-11/h7,11-12H,2-6,8-9H2,1H3/b10-7+/i9D2. The fraction of sp³-hybridized carbons (Fsp3) is 0.818. The molecular weight excluding hydrogens is 148 g/mol. The minimum atomic E-state index is -2.13. The van der Waals surface area contributed by atoms with Crippen molar-refractivity contribution in [3.63, 3.8) is 0 Å². The van der Waals surface area contributed by atoms with Crippen LogP contribution in [0.15, 0.2) is 11.6 Å². The van der Waals surface area contributed by atoms with E-state index in [-0.39, 0.29) is 0 Å². The van der Waals surface area contributed by atoms with Crippen molar-refractivity contribution in [3.05, 3.63) is 11.6 Å². The SMILES string of the molecule is [2H]C([2H])(O)/C(C)=C/CC1CCCCC1. The maximum atomic E-state index is 9.08. The Morgan fingerprint density at radius 2 is 2.17 bits per heavy atom. The van der Waals surface area contributed by atoms with Gasteiger partial charge in [-0.2, -0.15) is 0 Å². The zero-order chi connectivity index (χ0) is 10.6. The quantitative estimate of drug-likeness (QED) is 0.646. The molecule has 0 atom stereocenters. The van der Waals surface area contributed by atoms with Gasteiger partial charge in [0.15, 0.2) is 0 Å². The van der Waals surface area contributed by atoms with Gasteiger partial charge in [-0.25, -0.2) is 0 Å². The zero-order valence-corrected chi connectivity index (χ0v) is 7.84. The van der Waals surface area contributed by atoms with Crippen LogP contribution in [-0.2, 0) is 0 Å². The summed E-state index contributed by atoms with van der Waals surface area (Å²) in [6, 6.07) is 0. The summed E-state index contributed by atoms with van der Waals surface area (Å²) in [6.45, 7) is -0.475. The number of aliphatic hydroxyl groups is 1. The van der Waals surface area contributed by atoms with Crippen LogP contribution in [0, 0.1) is 5.92 Å². The predicted molar refractivity (Wildman–Crippen MR) is 52.0 cm³/mol. The topological polar surface area (TPSA) is 20.2 Å². The fourth-order valence-electron chi connectivity index (χ4n) is 1.81. The molecule has 1 nitrogen and oxygen atoms in total. The van der Waals surface area contributed by atoms with Gasteiger partial charge < -0.3 is 5.11 Å². The van der Waals surface area contributed by atoms with Crippen LogP contribution < -0.4 is 0 Å². The van der Waals surface area contributed by atoms with Crippen molar-refractivity contribution in [2.24, 2.45) is 5.92 Å². The second-order valence-corrected chi connectivity index (χ2v) is 3.74. The van der Waals surface area contributed by atoms with Crippen LogP contribution in [0.4, 0.5) is 0 Å². The van der Waals surface area contributed by atoms with Crippen molar-refractivity contribution in [2.75, 3.05) is 6.56 Å². The second-order valence-electron chi connectivity index (χ2n) is 3.74. The van der Waals surface area contributed by atoms with E-state index in [0.717, 1.165) is 6.42 Å². The van der Waals surface area contributed by atoms with E-state index < -0.39 is 6.56 Å². The molecular formula is C11H20O. The molecule has 0 heterocycles. The van der Waals surface area contributed by atoms with E-state index in [1.54, 1.807) is 6.92 Å². The molecule has 0 amide bonds. The van der Waals surface area contributed by atoms with Crippen LogP contribution in [0.25, 0.3) is 0 Å². The summed E-state index contributed by atoms with van der Waals surface area (Å²) in [4.78, 5) is 0. The molecule has 0 aromatic heterocycles. The summed E-state index contributed by atoms with van der Waals surface area (Å²) < 4.78 is 14.2. The maximum absolute atomic E-state index is 9.08. The Kier molecular flexibility index (Phi) is 3.19. The van der Waals surface area contributed by atoms with Gasteiger partial charge in [-0.05, 0) is 19.3 Å². The van der Waals surface area contributed by atoms with E-state index in [4.69, 9.17) is 7.85 Å². The van der Waals surface area contributed by atoms with Crippen LogP contribution in [0.1, 0.15) is 48.2 Å². The normalized spacial score (nSPS) is 25.0. The molecule has 1 rings (SSSR count). The van der Waals surface area contributed by atoms with Crippen LogP contribution in [0.2, 0.25) is 0 Å². The van der Waals surface area contributed by atoms with Gasteiger partial charge in [-0.1, -0.05) is 43.8 Å². The number of hydrogen-bond acceptors (Lipinski definition) is 1. The summed E-state index contributed by atoms with van der Waals surface area (Å²) in [5.74, 6) is 0.709. The Bertz CT molecular complexity index is 200. The highest BCUT2D eigenvalue weighted by molar-refractivity contribution is 4.98. The number of hydrogen-bond donors (Lipinski definition) is 1. The molecule has 12 heavy (non-hydrogen) atoms. The van der Waals surface area contributed by atoms with Gasteiger partial charge in [0.2, 0.25) is 0 Å². The fourth-order valence-corrected chi connectivity index (χ4v) is 1.81. The van der Waals surface area contributed by atoms with E-state index in [1.807, 2.05) is 6.08 Å². The molecule has 1 aliphatic rings. The highest BCUT2D eigenvalue weighted by Crippen LogP contribution is 2.26. The van der Waals surface area contributed by atoms with Gasteiger partial charge in [0, 0.05) is 0 Å². The Morgan fingerprint density at radius 1 is 1.50 bits per heavy atom. The van der Waals surface area contributed by atoms with E-state index in [9.17, 15) is 0 Å². The molecule has 0 aromatic rings. The van der Waals surface area contributed by atoms with Gasteiger partial charge in [0.25, 0.3) is 0 Å². The summed E-state index contributed by atoms with van der Waals surface area (Å²) >= 11 is 0. The van der Waals surface area contributed by atoms with Gasteiger partial charge in [0.1, 0.15) is 0 Å². The van der Waals surface area contributed by atoms with Crippen molar-refractivity contribution < 1.29 is 7.85 Å². The van der Waals surface area contributed by atoms with Crippen LogP contribution >= 0.6 is 0 Å². The lowest BCUT2D eigenvalue weighted by Gasteiger charge is -2.19. The second kappa shape index (κ2) is 5.36. The lowest BCUT2D eigenvalue weighted by Crippen LogP contribution is -2.05. The summed E-state index contributed by atoms with van der Waals surface area (Å²) in [6.07, 6.45) is 9.27. The average Bonchev–Trinajstić information content (AvgIpc) is 2.14. The van der Waals surface area contributed by atoms with E-state index in [0.29, 0.717) is 11.5 Å². The minimum absolute atomic E-state index is 0.447. The third-order valence-corrected chi connectivity index (χ3v) is 2.66. The van der Waals surface area contributed by atoms with E-state index >= 15 is 0 Å². The first-order valence-corrected chi connectivity index (χ1v) is 4.90. The first-order valence-electron chi connectivity index (χ1n) is 5.90. The summed E-state index contributed by atoms with van der Waals surface area (Å²) in [5, 5.41) is 9.08.